The number of nitrogens with zero attached hydrogens (tertiary/aromatic N) is 1. The first-order valence-corrected chi connectivity index (χ1v) is 5.32. The number of aromatic nitrogens is 1. The topological polar surface area (TPSA) is 50.9 Å². The summed E-state index contributed by atoms with van der Waals surface area (Å²) in [5.74, 6) is 0.755. The highest BCUT2D eigenvalue weighted by atomic mass is 35.5. The molecule has 1 aromatic heterocycles. The summed E-state index contributed by atoms with van der Waals surface area (Å²) in [6.07, 6.45) is 1.43. The summed E-state index contributed by atoms with van der Waals surface area (Å²) >= 11 is 5.80. The number of anilines is 1. The molecule has 0 fully saturated rings. The Balaban J connectivity index is 2.09. The first-order chi connectivity index (χ1) is 7.75. The first kappa shape index (κ1) is 10.9. The van der Waals surface area contributed by atoms with Crippen molar-refractivity contribution < 1.29 is 0 Å². The third-order valence-electron chi connectivity index (χ3n) is 2.20. The monoisotopic (exact) mass is 233 g/mol. The summed E-state index contributed by atoms with van der Waals surface area (Å²) in [5, 5.41) is 3.80. The van der Waals surface area contributed by atoms with Gasteiger partial charge in [0.15, 0.2) is 0 Å². The van der Waals surface area contributed by atoms with Crippen LogP contribution in [0.3, 0.4) is 0 Å². The van der Waals surface area contributed by atoms with Gasteiger partial charge in [0, 0.05) is 11.2 Å². The quantitative estimate of drug-likeness (QED) is 0.802. The number of benzene rings is 1. The van der Waals surface area contributed by atoms with Crippen molar-refractivity contribution in [3.8, 4) is 0 Å². The van der Waals surface area contributed by atoms with Crippen LogP contribution in [0.5, 0.6) is 0 Å². The molecule has 1 atom stereocenters. The van der Waals surface area contributed by atoms with Gasteiger partial charge in [-0.15, -0.1) is 0 Å². The van der Waals surface area contributed by atoms with Gasteiger partial charge in [-0.25, -0.2) is 4.98 Å². The minimum absolute atomic E-state index is 0.285. The van der Waals surface area contributed by atoms with E-state index in [-0.39, 0.29) is 6.17 Å². The Morgan fingerprint density at radius 2 is 1.88 bits per heavy atom. The van der Waals surface area contributed by atoms with E-state index in [0.29, 0.717) is 5.02 Å². The lowest BCUT2D eigenvalue weighted by Gasteiger charge is -2.14. The number of halogens is 1. The van der Waals surface area contributed by atoms with Crippen molar-refractivity contribution in [1.82, 2.24) is 4.98 Å². The van der Waals surface area contributed by atoms with Crippen molar-refractivity contribution in [3.63, 3.8) is 0 Å². The molecule has 2 aromatic rings. The molecule has 82 valence electrons. The largest absolute Gasteiger partial charge is 0.351 e. The molecule has 2 rings (SSSR count). The predicted molar refractivity (Wildman–Crippen MR) is 66.2 cm³/mol. The molecule has 16 heavy (non-hydrogen) atoms. The molecular weight excluding hydrogens is 222 g/mol. The summed E-state index contributed by atoms with van der Waals surface area (Å²) in [6, 6.07) is 13.1. The molecule has 1 heterocycles. The number of hydrogen-bond acceptors (Lipinski definition) is 3. The maximum absolute atomic E-state index is 5.98. The van der Waals surface area contributed by atoms with Crippen molar-refractivity contribution in [1.29, 1.82) is 0 Å². The van der Waals surface area contributed by atoms with Crippen LogP contribution < -0.4 is 11.1 Å². The van der Waals surface area contributed by atoms with E-state index in [9.17, 15) is 0 Å². The van der Waals surface area contributed by atoms with Crippen molar-refractivity contribution >= 4 is 17.4 Å². The van der Waals surface area contributed by atoms with Gasteiger partial charge >= 0.3 is 0 Å². The normalized spacial score (nSPS) is 12.1. The van der Waals surface area contributed by atoms with Crippen molar-refractivity contribution in [2.45, 2.75) is 6.17 Å². The van der Waals surface area contributed by atoms with Gasteiger partial charge in [0.25, 0.3) is 0 Å². The van der Waals surface area contributed by atoms with Crippen LogP contribution in [0.1, 0.15) is 11.7 Å². The molecule has 3 nitrogen and oxygen atoms in total. The van der Waals surface area contributed by atoms with Gasteiger partial charge in [-0.3, -0.25) is 0 Å². The number of rotatable bonds is 3. The molecule has 0 amide bonds. The molecule has 0 unspecified atom stereocenters. The Morgan fingerprint density at radius 1 is 1.12 bits per heavy atom. The summed E-state index contributed by atoms with van der Waals surface area (Å²) in [4.78, 5) is 4.14. The smallest absolute Gasteiger partial charge is 0.127 e. The number of hydrogen-bond donors (Lipinski definition) is 2. The van der Waals surface area contributed by atoms with Crippen molar-refractivity contribution in [2.24, 2.45) is 5.73 Å². The SMILES string of the molecule is N[C@@H](Nc1ccccn1)c1ccc(Cl)cc1. The highest BCUT2D eigenvalue weighted by molar-refractivity contribution is 6.30. The van der Waals surface area contributed by atoms with Gasteiger partial charge in [0.1, 0.15) is 12.0 Å². The van der Waals surface area contributed by atoms with Crippen LogP contribution in [0.15, 0.2) is 48.7 Å². The highest BCUT2D eigenvalue weighted by Gasteiger charge is 2.05. The molecule has 4 heteroatoms. The third-order valence-corrected chi connectivity index (χ3v) is 2.45. The second-order valence-corrected chi connectivity index (χ2v) is 3.82. The van der Waals surface area contributed by atoms with E-state index in [0.717, 1.165) is 11.4 Å². The number of nitrogens with two attached hydrogens (primary N) is 1. The van der Waals surface area contributed by atoms with Crippen LogP contribution in [-0.4, -0.2) is 4.98 Å². The van der Waals surface area contributed by atoms with E-state index in [1.807, 2.05) is 42.5 Å². The van der Waals surface area contributed by atoms with Crippen molar-refractivity contribution in [2.75, 3.05) is 5.32 Å². The van der Waals surface area contributed by atoms with E-state index in [4.69, 9.17) is 17.3 Å². The lowest BCUT2D eigenvalue weighted by molar-refractivity contribution is 0.828. The molecule has 0 radical (unpaired) electrons. The molecule has 1 aromatic carbocycles. The zero-order valence-electron chi connectivity index (χ0n) is 8.60. The second-order valence-electron chi connectivity index (χ2n) is 3.39. The average molecular weight is 234 g/mol. The van der Waals surface area contributed by atoms with Gasteiger partial charge < -0.3 is 11.1 Å². The number of nitrogens with one attached hydrogen (secondary N) is 1. The maximum atomic E-state index is 5.98. The van der Waals surface area contributed by atoms with Gasteiger partial charge in [-0.05, 0) is 29.8 Å². The predicted octanol–water partition coefficient (Wildman–Crippen LogP) is 2.80. The zero-order valence-corrected chi connectivity index (χ0v) is 9.35. The minimum Gasteiger partial charge on any atom is -0.351 e. The Hall–Kier alpha value is -1.58. The summed E-state index contributed by atoms with van der Waals surface area (Å²) in [5.41, 5.74) is 6.95. The third kappa shape index (κ3) is 2.72. The molecule has 3 N–H and O–H groups in total. The van der Waals surface area contributed by atoms with Crippen LogP contribution in [-0.2, 0) is 0 Å². The molecule has 0 bridgehead atoms. The van der Waals surface area contributed by atoms with E-state index < -0.39 is 0 Å². The standard InChI is InChI=1S/C12H12ClN3/c13-10-6-4-9(5-7-10)12(14)16-11-3-1-2-8-15-11/h1-8,12H,14H2,(H,15,16)/t12-/m0/s1. The van der Waals surface area contributed by atoms with Gasteiger partial charge in [-0.1, -0.05) is 29.8 Å². The maximum Gasteiger partial charge on any atom is 0.127 e. The van der Waals surface area contributed by atoms with E-state index in [1.54, 1.807) is 6.20 Å². The fourth-order valence-corrected chi connectivity index (χ4v) is 1.49. The van der Waals surface area contributed by atoms with Crippen LogP contribution >= 0.6 is 11.6 Å². The summed E-state index contributed by atoms with van der Waals surface area (Å²) in [7, 11) is 0. The zero-order chi connectivity index (χ0) is 11.4. The Bertz CT molecular complexity index is 442. The average Bonchev–Trinajstić information content (AvgIpc) is 2.31. The molecular formula is C12H12ClN3. The summed E-state index contributed by atoms with van der Waals surface area (Å²) in [6.45, 7) is 0. The van der Waals surface area contributed by atoms with Gasteiger partial charge in [0.05, 0.1) is 0 Å². The van der Waals surface area contributed by atoms with Crippen LogP contribution in [0.4, 0.5) is 5.82 Å². The lowest BCUT2D eigenvalue weighted by atomic mass is 10.2. The van der Waals surface area contributed by atoms with E-state index in [2.05, 4.69) is 10.3 Å². The fourth-order valence-electron chi connectivity index (χ4n) is 1.36. The molecule has 0 saturated carbocycles. The Morgan fingerprint density at radius 3 is 2.50 bits per heavy atom. The summed E-state index contributed by atoms with van der Waals surface area (Å²) < 4.78 is 0. The van der Waals surface area contributed by atoms with E-state index >= 15 is 0 Å². The Kier molecular flexibility index (Phi) is 3.39. The number of pyridine rings is 1. The minimum atomic E-state index is -0.285. The molecule has 0 aliphatic rings. The highest BCUT2D eigenvalue weighted by Crippen LogP contribution is 2.16. The van der Waals surface area contributed by atoms with Crippen molar-refractivity contribution in [3.05, 3.63) is 59.2 Å². The molecule has 0 spiro atoms. The fraction of sp³-hybridized carbons (Fsp3) is 0.0833. The second kappa shape index (κ2) is 4.96. The Labute approximate surface area is 99.3 Å². The molecule has 0 aliphatic heterocycles. The first-order valence-electron chi connectivity index (χ1n) is 4.94. The lowest BCUT2D eigenvalue weighted by Crippen LogP contribution is -2.20. The van der Waals surface area contributed by atoms with Crippen LogP contribution in [0.2, 0.25) is 5.02 Å². The molecule has 0 aliphatic carbocycles. The van der Waals surface area contributed by atoms with Crippen LogP contribution in [0.25, 0.3) is 0 Å². The van der Waals surface area contributed by atoms with Gasteiger partial charge in [0.2, 0.25) is 0 Å². The molecule has 0 saturated heterocycles. The van der Waals surface area contributed by atoms with Crippen LogP contribution in [0, 0.1) is 0 Å². The van der Waals surface area contributed by atoms with Gasteiger partial charge in [-0.2, -0.15) is 0 Å². The van der Waals surface area contributed by atoms with E-state index in [1.165, 1.54) is 0 Å².